The molecule has 78 valence electrons. The van der Waals surface area contributed by atoms with E-state index in [1.165, 1.54) is 25.0 Å². The van der Waals surface area contributed by atoms with Crippen molar-refractivity contribution in [2.75, 3.05) is 6.54 Å². The second-order valence-electron chi connectivity index (χ2n) is 4.32. The van der Waals surface area contributed by atoms with Crippen LogP contribution in [0.2, 0.25) is 0 Å². The molecule has 0 spiro atoms. The summed E-state index contributed by atoms with van der Waals surface area (Å²) in [5.41, 5.74) is 8.23. The maximum Gasteiger partial charge on any atom is 0.0954 e. The standard InChI is InChI=1S/C11H19N3/c1-8-9(2)14(7-13-8)11-5-3-4-10(11)6-12/h7,10-11H,3-6,12H2,1-2H3. The van der Waals surface area contributed by atoms with Crippen LogP contribution in [-0.2, 0) is 0 Å². The van der Waals surface area contributed by atoms with Gasteiger partial charge in [0.2, 0.25) is 0 Å². The van der Waals surface area contributed by atoms with E-state index in [9.17, 15) is 0 Å². The molecule has 3 heteroatoms. The Kier molecular flexibility index (Phi) is 2.59. The molecule has 1 aromatic heterocycles. The van der Waals surface area contributed by atoms with Crippen molar-refractivity contribution in [2.24, 2.45) is 11.7 Å². The van der Waals surface area contributed by atoms with Gasteiger partial charge in [0.05, 0.1) is 12.0 Å². The summed E-state index contributed by atoms with van der Waals surface area (Å²) in [6, 6.07) is 0.598. The molecule has 2 rings (SSSR count). The number of rotatable bonds is 2. The van der Waals surface area contributed by atoms with Gasteiger partial charge in [-0.1, -0.05) is 6.42 Å². The van der Waals surface area contributed by atoms with Crippen molar-refractivity contribution in [1.29, 1.82) is 0 Å². The van der Waals surface area contributed by atoms with E-state index in [1.54, 1.807) is 0 Å². The fourth-order valence-electron chi connectivity index (χ4n) is 2.51. The van der Waals surface area contributed by atoms with Crippen molar-refractivity contribution in [2.45, 2.75) is 39.2 Å². The third-order valence-electron chi connectivity index (χ3n) is 3.57. The van der Waals surface area contributed by atoms with E-state index < -0.39 is 0 Å². The number of hydrogen-bond acceptors (Lipinski definition) is 2. The van der Waals surface area contributed by atoms with Gasteiger partial charge >= 0.3 is 0 Å². The van der Waals surface area contributed by atoms with Crippen LogP contribution in [0.25, 0.3) is 0 Å². The molecule has 2 atom stereocenters. The lowest BCUT2D eigenvalue weighted by molar-refractivity contribution is 0.382. The average molecular weight is 193 g/mol. The Balaban J connectivity index is 2.26. The third-order valence-corrected chi connectivity index (χ3v) is 3.57. The van der Waals surface area contributed by atoms with Crippen molar-refractivity contribution >= 4 is 0 Å². The minimum atomic E-state index is 0.598. The van der Waals surface area contributed by atoms with Gasteiger partial charge in [0.25, 0.3) is 0 Å². The zero-order chi connectivity index (χ0) is 10.1. The quantitative estimate of drug-likeness (QED) is 0.778. The molecule has 3 nitrogen and oxygen atoms in total. The van der Waals surface area contributed by atoms with Crippen LogP contribution in [-0.4, -0.2) is 16.1 Å². The van der Waals surface area contributed by atoms with Crippen molar-refractivity contribution in [3.63, 3.8) is 0 Å². The Hall–Kier alpha value is -0.830. The smallest absolute Gasteiger partial charge is 0.0954 e. The van der Waals surface area contributed by atoms with Crippen LogP contribution in [0.15, 0.2) is 6.33 Å². The Labute approximate surface area is 85.3 Å². The van der Waals surface area contributed by atoms with Gasteiger partial charge in [-0.2, -0.15) is 0 Å². The predicted molar refractivity (Wildman–Crippen MR) is 57.1 cm³/mol. The Morgan fingerprint density at radius 1 is 1.50 bits per heavy atom. The first-order chi connectivity index (χ1) is 6.74. The second kappa shape index (κ2) is 3.73. The van der Waals surface area contributed by atoms with Crippen LogP contribution in [0.3, 0.4) is 0 Å². The molecule has 1 aliphatic rings. The molecule has 0 amide bonds. The van der Waals surface area contributed by atoms with E-state index in [1.807, 2.05) is 6.33 Å². The van der Waals surface area contributed by atoms with E-state index in [0.29, 0.717) is 12.0 Å². The lowest BCUT2D eigenvalue weighted by Gasteiger charge is -2.20. The van der Waals surface area contributed by atoms with Gasteiger partial charge in [-0.3, -0.25) is 0 Å². The molecular weight excluding hydrogens is 174 g/mol. The first kappa shape index (κ1) is 9.71. The Morgan fingerprint density at radius 2 is 2.29 bits per heavy atom. The first-order valence-electron chi connectivity index (χ1n) is 5.44. The zero-order valence-corrected chi connectivity index (χ0v) is 9.03. The van der Waals surface area contributed by atoms with Gasteiger partial charge in [-0.05, 0) is 39.2 Å². The van der Waals surface area contributed by atoms with E-state index in [-0.39, 0.29) is 0 Å². The van der Waals surface area contributed by atoms with Crippen molar-refractivity contribution in [3.05, 3.63) is 17.7 Å². The molecule has 2 N–H and O–H groups in total. The minimum absolute atomic E-state index is 0.598. The van der Waals surface area contributed by atoms with Crippen LogP contribution in [0.4, 0.5) is 0 Å². The highest BCUT2D eigenvalue weighted by atomic mass is 15.1. The Morgan fingerprint density at radius 3 is 2.86 bits per heavy atom. The number of nitrogens with two attached hydrogens (primary N) is 1. The van der Waals surface area contributed by atoms with Crippen molar-refractivity contribution in [1.82, 2.24) is 9.55 Å². The van der Waals surface area contributed by atoms with Crippen molar-refractivity contribution in [3.8, 4) is 0 Å². The summed E-state index contributed by atoms with van der Waals surface area (Å²) in [5, 5.41) is 0. The number of nitrogens with zero attached hydrogens (tertiary/aromatic N) is 2. The van der Waals surface area contributed by atoms with Gasteiger partial charge in [-0.15, -0.1) is 0 Å². The average Bonchev–Trinajstić information content (AvgIpc) is 2.75. The highest BCUT2D eigenvalue weighted by Gasteiger charge is 2.28. The van der Waals surface area contributed by atoms with E-state index >= 15 is 0 Å². The molecule has 1 aliphatic carbocycles. The molecule has 1 fully saturated rings. The maximum absolute atomic E-state index is 5.78. The van der Waals surface area contributed by atoms with Crippen LogP contribution < -0.4 is 5.73 Å². The van der Waals surface area contributed by atoms with Crippen LogP contribution >= 0.6 is 0 Å². The molecule has 0 aromatic carbocycles. The maximum atomic E-state index is 5.78. The fraction of sp³-hybridized carbons (Fsp3) is 0.727. The summed E-state index contributed by atoms with van der Waals surface area (Å²) in [7, 11) is 0. The molecule has 0 saturated heterocycles. The first-order valence-corrected chi connectivity index (χ1v) is 5.44. The molecule has 0 radical (unpaired) electrons. The lowest BCUT2D eigenvalue weighted by atomic mass is 10.0. The zero-order valence-electron chi connectivity index (χ0n) is 9.03. The monoisotopic (exact) mass is 193 g/mol. The summed E-state index contributed by atoms with van der Waals surface area (Å²) in [4.78, 5) is 4.35. The summed E-state index contributed by atoms with van der Waals surface area (Å²) >= 11 is 0. The van der Waals surface area contributed by atoms with Gasteiger partial charge in [0.15, 0.2) is 0 Å². The lowest BCUT2D eigenvalue weighted by Crippen LogP contribution is -2.21. The SMILES string of the molecule is Cc1ncn(C2CCCC2CN)c1C. The summed E-state index contributed by atoms with van der Waals surface area (Å²) in [6.45, 7) is 5.02. The second-order valence-corrected chi connectivity index (χ2v) is 4.32. The normalized spacial score (nSPS) is 27.1. The van der Waals surface area contributed by atoms with E-state index in [2.05, 4.69) is 23.4 Å². The number of hydrogen-bond donors (Lipinski definition) is 1. The van der Waals surface area contributed by atoms with Crippen molar-refractivity contribution < 1.29 is 0 Å². The number of aryl methyl sites for hydroxylation is 1. The van der Waals surface area contributed by atoms with E-state index in [0.717, 1.165) is 12.2 Å². The largest absolute Gasteiger partial charge is 0.331 e. The van der Waals surface area contributed by atoms with Crippen LogP contribution in [0, 0.1) is 19.8 Å². The molecule has 1 saturated carbocycles. The van der Waals surface area contributed by atoms with Crippen LogP contribution in [0.5, 0.6) is 0 Å². The summed E-state index contributed by atoms with van der Waals surface area (Å²) < 4.78 is 2.32. The fourth-order valence-corrected chi connectivity index (χ4v) is 2.51. The molecule has 14 heavy (non-hydrogen) atoms. The number of aromatic nitrogens is 2. The van der Waals surface area contributed by atoms with Crippen LogP contribution in [0.1, 0.15) is 36.7 Å². The molecule has 0 aliphatic heterocycles. The van der Waals surface area contributed by atoms with Gasteiger partial charge in [0.1, 0.15) is 0 Å². The summed E-state index contributed by atoms with van der Waals surface area (Å²) in [5.74, 6) is 0.655. The predicted octanol–water partition coefficient (Wildman–Crippen LogP) is 1.80. The highest BCUT2D eigenvalue weighted by Crippen LogP contribution is 2.35. The highest BCUT2D eigenvalue weighted by molar-refractivity contribution is 5.10. The molecule has 2 unspecified atom stereocenters. The molecular formula is C11H19N3. The third kappa shape index (κ3) is 1.46. The molecule has 1 heterocycles. The minimum Gasteiger partial charge on any atom is -0.331 e. The van der Waals surface area contributed by atoms with E-state index in [4.69, 9.17) is 5.73 Å². The molecule has 0 bridgehead atoms. The van der Waals surface area contributed by atoms with Gasteiger partial charge in [-0.25, -0.2) is 4.98 Å². The summed E-state index contributed by atoms with van der Waals surface area (Å²) in [6.07, 6.45) is 5.82. The van der Waals surface area contributed by atoms with Gasteiger partial charge in [0, 0.05) is 11.7 Å². The number of imidazole rings is 1. The van der Waals surface area contributed by atoms with Gasteiger partial charge < -0.3 is 10.3 Å². The topological polar surface area (TPSA) is 43.8 Å². The Bertz CT molecular complexity index is 316. The molecule has 1 aromatic rings.